The highest BCUT2D eigenvalue weighted by Gasteiger charge is 2.23. The second-order valence-corrected chi connectivity index (χ2v) is 6.73. The van der Waals surface area contributed by atoms with Crippen LogP contribution < -0.4 is 11.1 Å². The number of hydrogen-bond donors (Lipinski definition) is 4. The van der Waals surface area contributed by atoms with Gasteiger partial charge in [-0.3, -0.25) is 15.5 Å². The second kappa shape index (κ2) is 5.43. The van der Waals surface area contributed by atoms with Crippen LogP contribution in [0.1, 0.15) is 29.9 Å². The van der Waals surface area contributed by atoms with Crippen molar-refractivity contribution in [2.45, 2.75) is 25.2 Å². The van der Waals surface area contributed by atoms with E-state index in [-0.39, 0.29) is 16.5 Å². The summed E-state index contributed by atoms with van der Waals surface area (Å²) in [6, 6.07) is 0. The van der Waals surface area contributed by atoms with Gasteiger partial charge in [0.25, 0.3) is 5.91 Å². The van der Waals surface area contributed by atoms with E-state index in [1.165, 1.54) is 6.20 Å². The predicted molar refractivity (Wildman–Crippen MR) is 71.8 cm³/mol. The third kappa shape index (κ3) is 3.82. The molecule has 8 heteroatoms. The van der Waals surface area contributed by atoms with Gasteiger partial charge in [-0.1, -0.05) is 13.8 Å². The molecule has 0 aliphatic carbocycles. The third-order valence-electron chi connectivity index (χ3n) is 2.43. The van der Waals surface area contributed by atoms with E-state index in [1.807, 2.05) is 13.8 Å². The van der Waals surface area contributed by atoms with Gasteiger partial charge in [-0.15, -0.1) is 0 Å². The molecular weight excluding hydrogens is 268 g/mol. The first kappa shape index (κ1) is 15.2. The number of amides is 1. The normalized spacial score (nSPS) is 11.6. The smallest absolute Gasteiger partial charge is 0.274 e. The van der Waals surface area contributed by atoms with E-state index in [0.29, 0.717) is 12.0 Å². The summed E-state index contributed by atoms with van der Waals surface area (Å²) in [5.41, 5.74) is 5.65. The Hall–Kier alpha value is -1.83. The molecule has 0 fully saturated rings. The fraction of sp³-hybridized carbons (Fsp3) is 0.455. The van der Waals surface area contributed by atoms with Crippen LogP contribution in [-0.4, -0.2) is 31.5 Å². The summed E-state index contributed by atoms with van der Waals surface area (Å²) in [7, 11) is -3.42. The molecule has 0 bridgehead atoms. The molecule has 0 aliphatic rings. The number of carbonyl (C=O) groups is 1. The first-order valence-electron chi connectivity index (χ1n) is 5.68. The van der Waals surface area contributed by atoms with Gasteiger partial charge in [-0.05, 0) is 12.3 Å². The van der Waals surface area contributed by atoms with Crippen molar-refractivity contribution in [1.82, 2.24) is 10.3 Å². The lowest BCUT2D eigenvalue weighted by Gasteiger charge is -2.09. The van der Waals surface area contributed by atoms with Gasteiger partial charge in [0.15, 0.2) is 15.8 Å². The highest BCUT2D eigenvalue weighted by molar-refractivity contribution is 7.90. The van der Waals surface area contributed by atoms with Crippen molar-refractivity contribution in [1.29, 1.82) is 5.41 Å². The maximum atomic E-state index is 11.8. The molecule has 0 spiro atoms. The Balaban J connectivity index is 3.29. The molecular formula is C11H18N4O3S. The van der Waals surface area contributed by atoms with E-state index in [1.54, 1.807) is 0 Å². The minimum absolute atomic E-state index is 0.106. The lowest BCUT2D eigenvalue weighted by molar-refractivity contribution is 0.0971. The quantitative estimate of drug-likeness (QED) is 0.466. The number of H-pyrrole nitrogens is 1. The van der Waals surface area contributed by atoms with E-state index >= 15 is 0 Å². The van der Waals surface area contributed by atoms with Crippen LogP contribution in [0.5, 0.6) is 0 Å². The number of nitrogens with two attached hydrogens (primary N) is 1. The lowest BCUT2D eigenvalue weighted by Crippen LogP contribution is -2.36. The summed E-state index contributed by atoms with van der Waals surface area (Å²) < 4.78 is 23.3. The molecule has 1 heterocycles. The van der Waals surface area contributed by atoms with E-state index in [9.17, 15) is 13.2 Å². The predicted octanol–water partition coefficient (Wildman–Crippen LogP) is 0.240. The van der Waals surface area contributed by atoms with E-state index in [2.05, 4.69) is 10.3 Å². The Bertz CT molecular complexity index is 601. The lowest BCUT2D eigenvalue weighted by atomic mass is 10.0. The monoisotopic (exact) mass is 286 g/mol. The largest absolute Gasteiger partial charge is 0.370 e. The van der Waals surface area contributed by atoms with Gasteiger partial charge < -0.3 is 10.7 Å². The number of carbonyl (C=O) groups excluding carboxylic acids is 1. The highest BCUT2D eigenvalue weighted by Crippen LogP contribution is 2.22. The van der Waals surface area contributed by atoms with Gasteiger partial charge in [0.05, 0.1) is 4.90 Å². The number of nitrogens with one attached hydrogen (secondary N) is 3. The molecule has 5 N–H and O–H groups in total. The minimum Gasteiger partial charge on any atom is -0.370 e. The van der Waals surface area contributed by atoms with Crippen LogP contribution in [0.2, 0.25) is 0 Å². The molecule has 0 radical (unpaired) electrons. The van der Waals surface area contributed by atoms with Crippen LogP contribution in [0.3, 0.4) is 0 Å². The van der Waals surface area contributed by atoms with Crippen LogP contribution in [0, 0.1) is 11.3 Å². The second-order valence-electron chi connectivity index (χ2n) is 4.74. The summed E-state index contributed by atoms with van der Waals surface area (Å²) in [6.07, 6.45) is 2.82. The summed E-state index contributed by atoms with van der Waals surface area (Å²) in [5, 5.41) is 9.16. The van der Waals surface area contributed by atoms with Crippen molar-refractivity contribution in [3.05, 3.63) is 17.5 Å². The van der Waals surface area contributed by atoms with Crippen molar-refractivity contribution < 1.29 is 13.2 Å². The number of hydrogen-bond acceptors (Lipinski definition) is 4. The number of aromatic nitrogens is 1. The fourth-order valence-electron chi connectivity index (χ4n) is 1.76. The zero-order valence-electron chi connectivity index (χ0n) is 11.1. The number of guanidine groups is 1. The molecule has 0 saturated carbocycles. The molecule has 0 atom stereocenters. The Morgan fingerprint density at radius 1 is 1.53 bits per heavy atom. The maximum absolute atomic E-state index is 11.8. The van der Waals surface area contributed by atoms with Crippen LogP contribution in [0.15, 0.2) is 11.1 Å². The summed E-state index contributed by atoms with van der Waals surface area (Å²) in [6.45, 7) is 3.84. The summed E-state index contributed by atoms with van der Waals surface area (Å²) in [4.78, 5) is 14.6. The Morgan fingerprint density at radius 2 is 2.11 bits per heavy atom. The maximum Gasteiger partial charge on any atom is 0.274 e. The van der Waals surface area contributed by atoms with Gasteiger partial charge in [-0.2, -0.15) is 0 Å². The molecule has 1 rings (SSSR count). The van der Waals surface area contributed by atoms with Crippen molar-refractivity contribution >= 4 is 21.7 Å². The van der Waals surface area contributed by atoms with E-state index in [0.717, 1.165) is 6.26 Å². The van der Waals surface area contributed by atoms with Crippen molar-refractivity contribution in [3.8, 4) is 0 Å². The Labute approximate surface area is 112 Å². The van der Waals surface area contributed by atoms with Gasteiger partial charge in [0.2, 0.25) is 0 Å². The average Bonchev–Trinajstić information content (AvgIpc) is 2.58. The molecule has 19 heavy (non-hydrogen) atoms. The Morgan fingerprint density at radius 3 is 2.53 bits per heavy atom. The first-order chi connectivity index (χ1) is 8.62. The molecule has 1 amide bonds. The number of aromatic amines is 1. The number of rotatable bonds is 4. The summed E-state index contributed by atoms with van der Waals surface area (Å²) in [5.74, 6) is -0.922. The molecule has 0 aliphatic heterocycles. The van der Waals surface area contributed by atoms with Crippen LogP contribution in [-0.2, 0) is 16.3 Å². The van der Waals surface area contributed by atoms with Crippen molar-refractivity contribution in [2.75, 3.05) is 6.26 Å². The van der Waals surface area contributed by atoms with Crippen molar-refractivity contribution in [2.24, 2.45) is 11.7 Å². The van der Waals surface area contributed by atoms with Gasteiger partial charge in [-0.25, -0.2) is 8.42 Å². The van der Waals surface area contributed by atoms with Crippen LogP contribution in [0.25, 0.3) is 0 Å². The number of sulfone groups is 1. The Kier molecular flexibility index (Phi) is 4.35. The van der Waals surface area contributed by atoms with Crippen LogP contribution in [0.4, 0.5) is 0 Å². The van der Waals surface area contributed by atoms with E-state index < -0.39 is 21.7 Å². The molecule has 1 aromatic rings. The first-order valence-corrected chi connectivity index (χ1v) is 7.57. The molecule has 7 nitrogen and oxygen atoms in total. The zero-order valence-corrected chi connectivity index (χ0v) is 11.9. The molecule has 0 aromatic carbocycles. The fourth-order valence-corrected chi connectivity index (χ4v) is 2.67. The molecule has 0 unspecified atom stereocenters. The molecule has 1 aromatic heterocycles. The highest BCUT2D eigenvalue weighted by atomic mass is 32.2. The SMILES string of the molecule is CC(C)Cc1c(S(C)(=O)=O)c[nH]c1C(=O)NC(=N)N. The molecule has 106 valence electrons. The molecule has 0 saturated heterocycles. The van der Waals surface area contributed by atoms with Gasteiger partial charge in [0, 0.05) is 18.0 Å². The van der Waals surface area contributed by atoms with Crippen LogP contribution >= 0.6 is 0 Å². The van der Waals surface area contributed by atoms with E-state index in [4.69, 9.17) is 11.1 Å². The van der Waals surface area contributed by atoms with Gasteiger partial charge in [0.1, 0.15) is 5.69 Å². The topological polar surface area (TPSA) is 129 Å². The third-order valence-corrected chi connectivity index (χ3v) is 3.60. The standard InChI is InChI=1S/C11H18N4O3S/c1-6(2)4-7-8(19(3,17)18)5-14-9(7)10(16)15-11(12)13/h5-6,14H,4H2,1-3H3,(H4,12,13,15,16). The van der Waals surface area contributed by atoms with Crippen molar-refractivity contribution in [3.63, 3.8) is 0 Å². The average molecular weight is 286 g/mol. The summed E-state index contributed by atoms with van der Waals surface area (Å²) >= 11 is 0. The zero-order chi connectivity index (χ0) is 14.8. The minimum atomic E-state index is -3.42. The van der Waals surface area contributed by atoms with Gasteiger partial charge >= 0.3 is 0 Å².